The van der Waals surface area contributed by atoms with Gasteiger partial charge in [0.15, 0.2) is 5.82 Å². The van der Waals surface area contributed by atoms with E-state index in [-0.39, 0.29) is 24.2 Å². The molecule has 6 nitrogen and oxygen atoms in total. The van der Waals surface area contributed by atoms with E-state index >= 15 is 0 Å². The van der Waals surface area contributed by atoms with E-state index < -0.39 is 17.7 Å². The van der Waals surface area contributed by atoms with Crippen LogP contribution in [0.4, 0.5) is 19.1 Å². The van der Waals surface area contributed by atoms with Gasteiger partial charge < -0.3 is 5.32 Å². The lowest BCUT2D eigenvalue weighted by molar-refractivity contribution is -0.137. The number of halogens is 4. The van der Waals surface area contributed by atoms with E-state index in [1.807, 2.05) is 0 Å². The van der Waals surface area contributed by atoms with Crippen molar-refractivity contribution in [2.75, 3.05) is 18.4 Å². The van der Waals surface area contributed by atoms with Gasteiger partial charge in [-0.3, -0.25) is 10.1 Å². The number of aryl methyl sites for hydroxylation is 1. The van der Waals surface area contributed by atoms with Crippen LogP contribution in [0.1, 0.15) is 42.6 Å². The van der Waals surface area contributed by atoms with E-state index in [1.165, 1.54) is 12.1 Å². The van der Waals surface area contributed by atoms with Crippen LogP contribution in [-0.2, 0) is 24.4 Å². The molecule has 1 atom stereocenters. The summed E-state index contributed by atoms with van der Waals surface area (Å²) < 4.78 is 39.5. The van der Waals surface area contributed by atoms with E-state index in [0.717, 1.165) is 43.9 Å². The number of anilines is 1. The lowest BCUT2D eigenvalue weighted by atomic mass is 9.98. The number of aromatic nitrogens is 3. The van der Waals surface area contributed by atoms with Gasteiger partial charge in [-0.05, 0) is 50.0 Å². The maximum Gasteiger partial charge on any atom is 0.416 e. The Morgan fingerprint density at radius 1 is 1.28 bits per heavy atom. The molecular formula is C19H25ClF3N5O. The molecule has 1 amide bonds. The second kappa shape index (κ2) is 9.58. The average molecular weight is 432 g/mol. The van der Waals surface area contributed by atoms with Gasteiger partial charge in [-0.25, -0.2) is 4.68 Å². The first-order chi connectivity index (χ1) is 13.2. The summed E-state index contributed by atoms with van der Waals surface area (Å²) >= 11 is 0. The molecule has 0 aliphatic carbocycles. The van der Waals surface area contributed by atoms with Crippen LogP contribution in [0.15, 0.2) is 24.3 Å². The number of rotatable bonds is 5. The number of alkyl halides is 3. The Balaban J connectivity index is 0.00000300. The zero-order valence-electron chi connectivity index (χ0n) is 16.3. The fourth-order valence-electron chi connectivity index (χ4n) is 3.28. The molecule has 0 bridgehead atoms. The van der Waals surface area contributed by atoms with Crippen LogP contribution in [0.2, 0.25) is 0 Å². The standard InChI is InChI=1S/C19H24F3N5O.ClH/c1-12(11-13-3-5-15(6-4-13)19(20,21)22)17(28)25-18-24-16(26-27(18)2)14-7-9-23-10-8-14;/h3-6,12,14,23H,7-11H2,1-2H3,(H,24,25,26,28);1H. The molecule has 1 aliphatic heterocycles. The normalized spacial score (nSPS) is 16.2. The highest BCUT2D eigenvalue weighted by Gasteiger charge is 2.30. The molecule has 29 heavy (non-hydrogen) atoms. The molecule has 1 fully saturated rings. The van der Waals surface area contributed by atoms with E-state index in [4.69, 9.17) is 0 Å². The first-order valence-electron chi connectivity index (χ1n) is 9.32. The van der Waals surface area contributed by atoms with E-state index in [9.17, 15) is 18.0 Å². The molecule has 3 rings (SSSR count). The van der Waals surface area contributed by atoms with Crippen molar-refractivity contribution in [3.8, 4) is 0 Å². The summed E-state index contributed by atoms with van der Waals surface area (Å²) in [5.74, 6) is 0.734. The molecular weight excluding hydrogens is 407 g/mol. The molecule has 1 unspecified atom stereocenters. The van der Waals surface area contributed by atoms with Gasteiger partial charge in [0.2, 0.25) is 11.9 Å². The summed E-state index contributed by atoms with van der Waals surface area (Å²) in [6.45, 7) is 3.58. The molecule has 10 heteroatoms. The Bertz CT molecular complexity index is 816. The molecule has 2 aromatic rings. The first-order valence-corrected chi connectivity index (χ1v) is 9.32. The van der Waals surface area contributed by atoms with Crippen LogP contribution in [-0.4, -0.2) is 33.8 Å². The maximum absolute atomic E-state index is 12.6. The van der Waals surface area contributed by atoms with Gasteiger partial charge >= 0.3 is 6.18 Å². The fourth-order valence-corrected chi connectivity index (χ4v) is 3.28. The number of hydrogen-bond donors (Lipinski definition) is 2. The highest BCUT2D eigenvalue weighted by atomic mass is 35.5. The minimum atomic E-state index is -4.36. The summed E-state index contributed by atoms with van der Waals surface area (Å²) in [5.41, 5.74) is -0.0260. The SMILES string of the molecule is CC(Cc1ccc(C(F)(F)F)cc1)C(=O)Nc1nc(C2CCNCC2)nn1C.Cl. The highest BCUT2D eigenvalue weighted by Crippen LogP contribution is 2.29. The zero-order chi connectivity index (χ0) is 20.3. The average Bonchev–Trinajstić information content (AvgIpc) is 3.02. The van der Waals surface area contributed by atoms with Crippen molar-refractivity contribution in [1.29, 1.82) is 0 Å². The molecule has 0 saturated carbocycles. The number of nitrogens with one attached hydrogen (secondary N) is 2. The van der Waals surface area contributed by atoms with E-state index in [0.29, 0.717) is 17.9 Å². The Morgan fingerprint density at radius 3 is 2.48 bits per heavy atom. The van der Waals surface area contributed by atoms with Gasteiger partial charge in [0.25, 0.3) is 0 Å². The molecule has 0 radical (unpaired) electrons. The number of carbonyl (C=O) groups is 1. The number of hydrogen-bond acceptors (Lipinski definition) is 4. The topological polar surface area (TPSA) is 71.8 Å². The van der Waals surface area contributed by atoms with Gasteiger partial charge in [0.05, 0.1) is 5.56 Å². The van der Waals surface area contributed by atoms with Crippen LogP contribution in [0.25, 0.3) is 0 Å². The molecule has 2 heterocycles. The third kappa shape index (κ3) is 5.93. The molecule has 1 aromatic heterocycles. The zero-order valence-corrected chi connectivity index (χ0v) is 17.1. The predicted molar refractivity (Wildman–Crippen MR) is 106 cm³/mol. The van der Waals surface area contributed by atoms with Crippen molar-refractivity contribution in [2.24, 2.45) is 13.0 Å². The molecule has 1 aliphatic rings. The first kappa shape index (κ1) is 23.2. The highest BCUT2D eigenvalue weighted by molar-refractivity contribution is 5.90. The van der Waals surface area contributed by atoms with Crippen LogP contribution in [0.5, 0.6) is 0 Å². The number of carbonyl (C=O) groups excluding carboxylic acids is 1. The van der Waals surface area contributed by atoms with Crippen molar-refractivity contribution in [2.45, 2.75) is 38.3 Å². The molecule has 2 N–H and O–H groups in total. The fraction of sp³-hybridized carbons (Fsp3) is 0.526. The maximum atomic E-state index is 12.6. The lowest BCUT2D eigenvalue weighted by Crippen LogP contribution is -2.27. The number of amides is 1. The van der Waals surface area contributed by atoms with Crippen molar-refractivity contribution in [1.82, 2.24) is 20.1 Å². The molecule has 160 valence electrons. The van der Waals surface area contributed by atoms with Crippen molar-refractivity contribution in [3.63, 3.8) is 0 Å². The van der Waals surface area contributed by atoms with E-state index in [1.54, 1.807) is 18.7 Å². The summed E-state index contributed by atoms with van der Waals surface area (Å²) in [7, 11) is 1.73. The second-order valence-electron chi connectivity index (χ2n) is 7.23. The van der Waals surface area contributed by atoms with Gasteiger partial charge in [0, 0.05) is 18.9 Å². The van der Waals surface area contributed by atoms with Gasteiger partial charge in [0.1, 0.15) is 0 Å². The van der Waals surface area contributed by atoms with Crippen LogP contribution < -0.4 is 10.6 Å². The summed E-state index contributed by atoms with van der Waals surface area (Å²) in [4.78, 5) is 17.0. The van der Waals surface area contributed by atoms with Crippen molar-refractivity contribution < 1.29 is 18.0 Å². The van der Waals surface area contributed by atoms with Crippen LogP contribution >= 0.6 is 12.4 Å². The Labute approximate surface area is 173 Å². The second-order valence-corrected chi connectivity index (χ2v) is 7.23. The minimum Gasteiger partial charge on any atom is -0.317 e. The minimum absolute atomic E-state index is 0. The quantitative estimate of drug-likeness (QED) is 0.759. The summed E-state index contributed by atoms with van der Waals surface area (Å²) in [6, 6.07) is 4.89. The van der Waals surface area contributed by atoms with Crippen LogP contribution in [0.3, 0.4) is 0 Å². The molecule has 1 saturated heterocycles. The molecule has 1 aromatic carbocycles. The monoisotopic (exact) mass is 431 g/mol. The number of piperidine rings is 1. The van der Waals surface area contributed by atoms with Crippen LogP contribution in [0, 0.1) is 5.92 Å². The number of nitrogens with zero attached hydrogens (tertiary/aromatic N) is 3. The third-order valence-electron chi connectivity index (χ3n) is 4.99. The van der Waals surface area contributed by atoms with E-state index in [2.05, 4.69) is 20.7 Å². The largest absolute Gasteiger partial charge is 0.416 e. The summed E-state index contributed by atoms with van der Waals surface area (Å²) in [6.07, 6.45) is -2.11. The van der Waals surface area contributed by atoms with Crippen molar-refractivity contribution >= 4 is 24.3 Å². The van der Waals surface area contributed by atoms with Gasteiger partial charge in [-0.1, -0.05) is 19.1 Å². The predicted octanol–water partition coefficient (Wildman–Crippen LogP) is 3.54. The van der Waals surface area contributed by atoms with Gasteiger partial charge in [-0.15, -0.1) is 12.4 Å². The summed E-state index contributed by atoms with van der Waals surface area (Å²) in [5, 5.41) is 10.5. The van der Waals surface area contributed by atoms with Crippen molar-refractivity contribution in [3.05, 3.63) is 41.2 Å². The Hall–Kier alpha value is -2.13. The molecule has 0 spiro atoms. The smallest absolute Gasteiger partial charge is 0.317 e. The van der Waals surface area contributed by atoms with Gasteiger partial charge in [-0.2, -0.15) is 23.3 Å². The number of benzene rings is 1. The lowest BCUT2D eigenvalue weighted by Gasteiger charge is -2.19. The Kier molecular flexibility index (Phi) is 7.65. The third-order valence-corrected chi connectivity index (χ3v) is 4.99. The Morgan fingerprint density at radius 2 is 1.90 bits per heavy atom.